The van der Waals surface area contributed by atoms with Crippen LogP contribution in [0, 0.1) is 17.6 Å². The highest BCUT2D eigenvalue weighted by Gasteiger charge is 2.52. The van der Waals surface area contributed by atoms with Gasteiger partial charge in [0.1, 0.15) is 5.54 Å². The summed E-state index contributed by atoms with van der Waals surface area (Å²) >= 11 is 0. The number of benzene rings is 1. The highest BCUT2D eigenvalue weighted by molar-refractivity contribution is 7.89. The van der Waals surface area contributed by atoms with Gasteiger partial charge >= 0.3 is 6.03 Å². The summed E-state index contributed by atoms with van der Waals surface area (Å²) in [6.07, 6.45) is 2.14. The Hall–Kier alpha value is -2.60. The van der Waals surface area contributed by atoms with E-state index in [0.29, 0.717) is 35.9 Å². The molecule has 1 spiro atoms. The number of hydrogen-bond acceptors (Lipinski definition) is 5. The smallest absolute Gasteiger partial charge is 0.322 e. The van der Waals surface area contributed by atoms with E-state index in [4.69, 9.17) is 0 Å². The van der Waals surface area contributed by atoms with E-state index in [2.05, 4.69) is 22.4 Å². The third kappa shape index (κ3) is 4.43. The zero-order valence-electron chi connectivity index (χ0n) is 16.2. The first-order valence-corrected chi connectivity index (χ1v) is 10.9. The minimum Gasteiger partial charge on any atom is -0.322 e. The number of halogens is 2. The second-order valence-corrected chi connectivity index (χ2v) is 9.36. The maximum Gasteiger partial charge on any atom is 0.344 e. The molecule has 2 aliphatic rings. The van der Waals surface area contributed by atoms with Crippen LogP contribution in [0.4, 0.5) is 13.6 Å². The molecular formula is C18H22F2N4O5S. The third-order valence-corrected chi connectivity index (χ3v) is 6.83. The van der Waals surface area contributed by atoms with E-state index >= 15 is 0 Å². The summed E-state index contributed by atoms with van der Waals surface area (Å²) in [7, 11) is -4.17. The molecule has 1 aromatic rings. The van der Waals surface area contributed by atoms with Crippen LogP contribution in [0.2, 0.25) is 0 Å². The number of nitrogens with one attached hydrogen (secondary N) is 3. The minimum atomic E-state index is -4.17. The number of hydrogen-bond donors (Lipinski definition) is 3. The zero-order valence-corrected chi connectivity index (χ0v) is 17.0. The molecule has 1 heterocycles. The van der Waals surface area contributed by atoms with Gasteiger partial charge in [-0.25, -0.2) is 26.7 Å². The molecule has 2 fully saturated rings. The first-order valence-electron chi connectivity index (χ1n) is 9.45. The molecule has 3 N–H and O–H groups in total. The molecule has 12 heteroatoms. The van der Waals surface area contributed by atoms with Gasteiger partial charge in [0.25, 0.3) is 5.91 Å². The van der Waals surface area contributed by atoms with Crippen LogP contribution in [0.1, 0.15) is 39.0 Å². The Morgan fingerprint density at radius 1 is 1.23 bits per heavy atom. The summed E-state index contributed by atoms with van der Waals surface area (Å²) < 4.78 is 52.4. The van der Waals surface area contributed by atoms with Gasteiger partial charge in [-0.15, -0.1) is 0 Å². The molecule has 0 bridgehead atoms. The second kappa shape index (κ2) is 8.26. The van der Waals surface area contributed by atoms with Crippen molar-refractivity contribution in [3.63, 3.8) is 0 Å². The molecule has 164 valence electrons. The van der Waals surface area contributed by atoms with Crippen molar-refractivity contribution >= 4 is 27.9 Å². The minimum absolute atomic E-state index is 0.376. The lowest BCUT2D eigenvalue weighted by Crippen LogP contribution is -2.51. The van der Waals surface area contributed by atoms with Crippen LogP contribution in [-0.2, 0) is 19.6 Å². The first-order chi connectivity index (χ1) is 14.0. The van der Waals surface area contributed by atoms with Crippen LogP contribution in [0.3, 0.4) is 0 Å². The van der Waals surface area contributed by atoms with Gasteiger partial charge in [-0.2, -0.15) is 5.01 Å². The van der Waals surface area contributed by atoms with E-state index in [1.165, 1.54) is 0 Å². The number of nitrogens with zero attached hydrogens (tertiary/aromatic N) is 1. The number of urea groups is 1. The number of sulfonamides is 1. The number of amides is 4. The summed E-state index contributed by atoms with van der Waals surface area (Å²) in [6.45, 7) is 1.69. The van der Waals surface area contributed by atoms with Gasteiger partial charge in [0.05, 0.1) is 4.90 Å². The van der Waals surface area contributed by atoms with Gasteiger partial charge in [0.2, 0.25) is 15.9 Å². The van der Waals surface area contributed by atoms with Crippen LogP contribution in [0.15, 0.2) is 23.1 Å². The summed E-state index contributed by atoms with van der Waals surface area (Å²) in [4.78, 5) is 36.4. The fraction of sp³-hybridized carbons (Fsp3) is 0.500. The molecule has 9 nitrogen and oxygen atoms in total. The maximum absolute atomic E-state index is 13.2. The Morgan fingerprint density at radius 2 is 1.90 bits per heavy atom. The van der Waals surface area contributed by atoms with E-state index in [0.717, 1.165) is 18.9 Å². The Kier molecular flexibility index (Phi) is 6.09. The van der Waals surface area contributed by atoms with Crippen molar-refractivity contribution in [2.45, 2.75) is 49.5 Å². The lowest BCUT2D eigenvalue weighted by molar-refractivity contribution is -0.140. The third-order valence-electron chi connectivity index (χ3n) is 5.37. The average molecular weight is 444 g/mol. The van der Waals surface area contributed by atoms with Gasteiger partial charge in [0, 0.05) is 13.0 Å². The summed E-state index contributed by atoms with van der Waals surface area (Å²) in [5.74, 6) is -3.35. The van der Waals surface area contributed by atoms with E-state index < -0.39 is 49.9 Å². The van der Waals surface area contributed by atoms with Crippen molar-refractivity contribution in [2.24, 2.45) is 5.92 Å². The molecule has 0 radical (unpaired) electrons. The van der Waals surface area contributed by atoms with Gasteiger partial charge in [0.15, 0.2) is 11.6 Å². The fourth-order valence-electron chi connectivity index (χ4n) is 3.52. The fourth-order valence-corrected chi connectivity index (χ4v) is 4.57. The maximum atomic E-state index is 13.2. The SMILES string of the molecule is CC1CCC2(CC1)NC(=O)N(NC(=O)CCNS(=O)(=O)c1ccc(F)c(F)c1)C2=O. The predicted molar refractivity (Wildman–Crippen MR) is 100 cm³/mol. The standard InChI is InChI=1S/C18H22F2N4O5S/c1-11-4-7-18(8-5-11)16(26)24(17(27)22-18)23-15(25)6-9-21-30(28,29)12-2-3-13(19)14(20)10-12/h2-3,10-11,21H,4-9H2,1H3,(H,22,27)(H,23,25). The molecule has 0 aromatic heterocycles. The van der Waals surface area contributed by atoms with Crippen molar-refractivity contribution in [3.05, 3.63) is 29.8 Å². The highest BCUT2D eigenvalue weighted by Crippen LogP contribution is 2.35. The normalized spacial score (nSPS) is 24.2. The van der Waals surface area contributed by atoms with Crippen LogP contribution in [0.5, 0.6) is 0 Å². The number of imide groups is 1. The van der Waals surface area contributed by atoms with Crippen LogP contribution in [-0.4, -0.2) is 43.4 Å². The lowest BCUT2D eigenvalue weighted by Gasteiger charge is -2.33. The van der Waals surface area contributed by atoms with Crippen molar-refractivity contribution in [1.29, 1.82) is 0 Å². The van der Waals surface area contributed by atoms with E-state index in [-0.39, 0.29) is 13.0 Å². The van der Waals surface area contributed by atoms with E-state index in [1.807, 2.05) is 0 Å². The lowest BCUT2D eigenvalue weighted by atomic mass is 9.77. The van der Waals surface area contributed by atoms with Crippen molar-refractivity contribution < 1.29 is 31.6 Å². The molecule has 1 aliphatic carbocycles. The molecule has 1 aromatic carbocycles. The number of rotatable bonds is 6. The van der Waals surface area contributed by atoms with E-state index in [9.17, 15) is 31.6 Å². The molecule has 1 aliphatic heterocycles. The Bertz CT molecular complexity index is 977. The molecule has 0 atom stereocenters. The van der Waals surface area contributed by atoms with Gasteiger partial charge in [-0.05, 0) is 49.8 Å². The first kappa shape index (κ1) is 22.1. The molecule has 30 heavy (non-hydrogen) atoms. The number of carbonyl (C=O) groups excluding carboxylic acids is 3. The number of hydrazine groups is 1. The topological polar surface area (TPSA) is 125 Å². The Balaban J connectivity index is 1.54. The molecule has 4 amide bonds. The van der Waals surface area contributed by atoms with Gasteiger partial charge in [-0.3, -0.25) is 15.0 Å². The monoisotopic (exact) mass is 444 g/mol. The molecular weight excluding hydrogens is 422 g/mol. The highest BCUT2D eigenvalue weighted by atomic mass is 32.2. The summed E-state index contributed by atoms with van der Waals surface area (Å²) in [6, 6.07) is 1.36. The Morgan fingerprint density at radius 3 is 2.53 bits per heavy atom. The molecule has 0 unspecified atom stereocenters. The van der Waals surface area contributed by atoms with Crippen molar-refractivity contribution in [1.82, 2.24) is 20.5 Å². The molecule has 3 rings (SSSR count). The van der Waals surface area contributed by atoms with Gasteiger partial charge in [-0.1, -0.05) is 6.92 Å². The zero-order chi connectivity index (χ0) is 22.1. The molecule has 1 saturated heterocycles. The van der Waals surface area contributed by atoms with Crippen molar-refractivity contribution in [2.75, 3.05) is 6.54 Å². The quantitative estimate of drug-likeness (QED) is 0.568. The predicted octanol–water partition coefficient (Wildman–Crippen LogP) is 1.17. The summed E-state index contributed by atoms with van der Waals surface area (Å²) in [5, 5.41) is 3.28. The largest absolute Gasteiger partial charge is 0.344 e. The average Bonchev–Trinajstić information content (AvgIpc) is 2.90. The Labute approximate surface area is 172 Å². The second-order valence-electron chi connectivity index (χ2n) is 7.59. The van der Waals surface area contributed by atoms with Gasteiger partial charge < -0.3 is 5.32 Å². The van der Waals surface area contributed by atoms with Crippen LogP contribution in [0.25, 0.3) is 0 Å². The van der Waals surface area contributed by atoms with Crippen LogP contribution >= 0.6 is 0 Å². The summed E-state index contributed by atoms with van der Waals surface area (Å²) in [5.41, 5.74) is 1.18. The number of carbonyl (C=O) groups is 3. The molecule has 1 saturated carbocycles. The van der Waals surface area contributed by atoms with Crippen molar-refractivity contribution in [3.8, 4) is 0 Å². The van der Waals surface area contributed by atoms with E-state index in [1.54, 1.807) is 0 Å². The van der Waals surface area contributed by atoms with Crippen LogP contribution < -0.4 is 15.5 Å².